The van der Waals surface area contributed by atoms with E-state index in [1.165, 1.54) is 46.6 Å². The van der Waals surface area contributed by atoms with Gasteiger partial charge in [0.25, 0.3) is 0 Å². The summed E-state index contributed by atoms with van der Waals surface area (Å²) in [4.78, 5) is 2.51. The quantitative estimate of drug-likeness (QED) is 0.196. The molecule has 1 nitrogen and oxygen atoms in total. The Morgan fingerprint density at radius 2 is 1.11 bits per heavy atom. The fraction of sp³-hybridized carbons (Fsp3) is 0.0244. The number of hydrogen-bond donors (Lipinski definition) is 0. The van der Waals surface area contributed by atoms with Crippen LogP contribution in [0.3, 0.4) is 0 Å². The van der Waals surface area contributed by atoms with Gasteiger partial charge in [0.2, 0.25) is 0 Å². The van der Waals surface area contributed by atoms with Crippen molar-refractivity contribution < 1.29 is 4.74 Å². The van der Waals surface area contributed by atoms with E-state index in [9.17, 15) is 0 Å². The van der Waals surface area contributed by atoms with Crippen LogP contribution < -0.4 is 4.74 Å². The largest absolute Gasteiger partial charge is 0.457 e. The van der Waals surface area contributed by atoms with Crippen molar-refractivity contribution in [3.05, 3.63) is 180 Å². The third-order valence-corrected chi connectivity index (χ3v) is 11.2. The van der Waals surface area contributed by atoms with Gasteiger partial charge in [-0.25, -0.2) is 0 Å². The van der Waals surface area contributed by atoms with Crippen molar-refractivity contribution in [3.8, 4) is 32.4 Å². The molecule has 0 spiro atoms. The molecule has 9 rings (SSSR count). The zero-order chi connectivity index (χ0) is 29.1. The lowest BCUT2D eigenvalue weighted by Crippen LogP contribution is -2.34. The SMILES string of the molecule is c1ccc(C2(c3ccccc3)c3ccccc3Oc3cc(-c4ccc(-c5cccc6sc7ccccc7c56)s4)ccc32)cc1. The molecule has 44 heavy (non-hydrogen) atoms. The average Bonchev–Trinajstić information content (AvgIpc) is 3.73. The highest BCUT2D eigenvalue weighted by atomic mass is 32.1. The van der Waals surface area contributed by atoms with Crippen molar-refractivity contribution in [2.75, 3.05) is 0 Å². The van der Waals surface area contributed by atoms with Crippen molar-refractivity contribution in [1.29, 1.82) is 0 Å². The lowest BCUT2D eigenvalue weighted by Gasteiger charge is -2.41. The second-order valence-electron chi connectivity index (χ2n) is 11.2. The van der Waals surface area contributed by atoms with E-state index in [1.807, 2.05) is 22.7 Å². The molecule has 0 N–H and O–H groups in total. The molecule has 0 aliphatic carbocycles. The Labute approximate surface area is 264 Å². The van der Waals surface area contributed by atoms with Crippen molar-refractivity contribution in [1.82, 2.24) is 0 Å². The molecule has 8 aromatic rings. The summed E-state index contributed by atoms with van der Waals surface area (Å²) in [5.41, 5.74) is 6.73. The topological polar surface area (TPSA) is 9.23 Å². The van der Waals surface area contributed by atoms with E-state index in [2.05, 4.69) is 158 Å². The van der Waals surface area contributed by atoms with Gasteiger partial charge < -0.3 is 4.74 Å². The number of ether oxygens (including phenoxy) is 1. The zero-order valence-corrected chi connectivity index (χ0v) is 25.4. The predicted molar refractivity (Wildman–Crippen MR) is 186 cm³/mol. The van der Waals surface area contributed by atoms with Gasteiger partial charge >= 0.3 is 0 Å². The first-order valence-corrected chi connectivity index (χ1v) is 16.5. The monoisotopic (exact) mass is 598 g/mol. The van der Waals surface area contributed by atoms with E-state index < -0.39 is 5.41 Å². The fourth-order valence-electron chi connectivity index (χ4n) is 6.98. The predicted octanol–water partition coefficient (Wildman–Crippen LogP) is 11.9. The smallest absolute Gasteiger partial charge is 0.132 e. The molecule has 0 amide bonds. The highest BCUT2D eigenvalue weighted by molar-refractivity contribution is 7.26. The van der Waals surface area contributed by atoms with E-state index in [0.717, 1.165) is 28.2 Å². The summed E-state index contributed by atoms with van der Waals surface area (Å²) in [6.07, 6.45) is 0. The van der Waals surface area contributed by atoms with Crippen LogP contribution in [0.2, 0.25) is 0 Å². The standard InChI is InChI=1S/C41H26OS2/c1-3-12-28(13-4-1)41(29-14-5-2-6-15-29)32-18-8-9-19-34(32)42-35-26-27(22-23-33(35)41)36-24-25-38(43-36)31-17-11-21-39-40(31)30-16-7-10-20-37(30)44-39/h1-26H. The number of rotatable bonds is 4. The Kier molecular flexibility index (Phi) is 5.83. The first kappa shape index (κ1) is 25.5. The van der Waals surface area contributed by atoms with Crippen LogP contribution in [0.5, 0.6) is 11.5 Å². The van der Waals surface area contributed by atoms with Gasteiger partial charge in [-0.3, -0.25) is 0 Å². The second-order valence-corrected chi connectivity index (χ2v) is 13.4. The summed E-state index contributed by atoms with van der Waals surface area (Å²) >= 11 is 3.71. The molecule has 0 saturated heterocycles. The van der Waals surface area contributed by atoms with Gasteiger partial charge in [0.15, 0.2) is 0 Å². The van der Waals surface area contributed by atoms with Crippen LogP contribution in [0, 0.1) is 0 Å². The maximum Gasteiger partial charge on any atom is 0.132 e. The van der Waals surface area contributed by atoms with Crippen molar-refractivity contribution in [2.45, 2.75) is 5.41 Å². The molecule has 0 bridgehead atoms. The summed E-state index contributed by atoms with van der Waals surface area (Å²) in [7, 11) is 0. The second kappa shape index (κ2) is 10.1. The minimum atomic E-state index is -0.499. The molecule has 3 heterocycles. The molecular weight excluding hydrogens is 573 g/mol. The molecule has 208 valence electrons. The first-order chi connectivity index (χ1) is 21.8. The Hall–Kier alpha value is -4.96. The molecule has 2 aromatic heterocycles. The van der Waals surface area contributed by atoms with Crippen LogP contribution in [0.1, 0.15) is 22.3 Å². The van der Waals surface area contributed by atoms with E-state index in [4.69, 9.17) is 4.74 Å². The Morgan fingerprint density at radius 3 is 1.93 bits per heavy atom. The molecule has 0 saturated carbocycles. The molecule has 0 unspecified atom stereocenters. The molecule has 1 aliphatic heterocycles. The van der Waals surface area contributed by atoms with Gasteiger partial charge in [-0.2, -0.15) is 0 Å². The molecule has 6 aromatic carbocycles. The third kappa shape index (κ3) is 3.77. The summed E-state index contributed by atoms with van der Waals surface area (Å²) in [5, 5.41) is 2.68. The number of para-hydroxylation sites is 1. The van der Waals surface area contributed by atoms with E-state index in [-0.39, 0.29) is 0 Å². The number of thiophene rings is 2. The highest BCUT2D eigenvalue weighted by Crippen LogP contribution is 2.56. The molecule has 0 radical (unpaired) electrons. The van der Waals surface area contributed by atoms with Gasteiger partial charge in [-0.05, 0) is 53.1 Å². The van der Waals surface area contributed by atoms with Gasteiger partial charge in [-0.15, -0.1) is 22.7 Å². The molecule has 1 aliphatic rings. The van der Waals surface area contributed by atoms with Crippen molar-refractivity contribution in [3.63, 3.8) is 0 Å². The van der Waals surface area contributed by atoms with Gasteiger partial charge in [0.1, 0.15) is 11.5 Å². The number of benzene rings is 6. The van der Waals surface area contributed by atoms with Crippen LogP contribution in [-0.2, 0) is 5.41 Å². The lowest BCUT2D eigenvalue weighted by molar-refractivity contribution is 0.435. The third-order valence-electron chi connectivity index (χ3n) is 8.87. The molecule has 3 heteroatoms. The van der Waals surface area contributed by atoms with Crippen LogP contribution in [-0.4, -0.2) is 0 Å². The van der Waals surface area contributed by atoms with Crippen LogP contribution >= 0.6 is 22.7 Å². The molecule has 0 atom stereocenters. The van der Waals surface area contributed by atoms with E-state index in [1.54, 1.807) is 0 Å². The van der Waals surface area contributed by atoms with E-state index >= 15 is 0 Å². The van der Waals surface area contributed by atoms with Crippen molar-refractivity contribution in [2.24, 2.45) is 0 Å². The first-order valence-electron chi connectivity index (χ1n) is 14.8. The Bertz CT molecular complexity index is 2270. The van der Waals surface area contributed by atoms with Crippen LogP contribution in [0.15, 0.2) is 158 Å². The molecule has 0 fully saturated rings. The molecular formula is C41H26OS2. The zero-order valence-electron chi connectivity index (χ0n) is 23.7. The maximum absolute atomic E-state index is 6.73. The van der Waals surface area contributed by atoms with Crippen molar-refractivity contribution >= 4 is 42.8 Å². The summed E-state index contributed by atoms with van der Waals surface area (Å²) < 4.78 is 9.39. The van der Waals surface area contributed by atoms with Gasteiger partial charge in [0.05, 0.1) is 5.41 Å². The summed E-state index contributed by atoms with van der Waals surface area (Å²) in [6.45, 7) is 0. The fourth-order valence-corrected chi connectivity index (χ4v) is 9.15. The van der Waals surface area contributed by atoms with E-state index in [0.29, 0.717) is 0 Å². The van der Waals surface area contributed by atoms with Crippen LogP contribution in [0.25, 0.3) is 41.1 Å². The minimum absolute atomic E-state index is 0.499. The van der Waals surface area contributed by atoms with Crippen LogP contribution in [0.4, 0.5) is 0 Å². The highest BCUT2D eigenvalue weighted by Gasteiger charge is 2.45. The van der Waals surface area contributed by atoms with Gasteiger partial charge in [-0.1, -0.05) is 121 Å². The number of fused-ring (bicyclic) bond motifs is 5. The number of hydrogen-bond acceptors (Lipinski definition) is 3. The lowest BCUT2D eigenvalue weighted by atomic mass is 9.63. The summed E-state index contributed by atoms with van der Waals surface area (Å²) in [5.74, 6) is 1.79. The summed E-state index contributed by atoms with van der Waals surface area (Å²) in [6, 6.07) is 56.9. The maximum atomic E-state index is 6.73. The Morgan fingerprint density at radius 1 is 0.455 bits per heavy atom. The Balaban J connectivity index is 1.22. The normalized spacial score (nSPS) is 13.4. The minimum Gasteiger partial charge on any atom is -0.457 e. The average molecular weight is 599 g/mol. The van der Waals surface area contributed by atoms with Gasteiger partial charge in [0, 0.05) is 46.6 Å².